The van der Waals surface area contributed by atoms with Crippen LogP contribution in [0.1, 0.15) is 30.9 Å². The Morgan fingerprint density at radius 2 is 2.04 bits per heavy atom. The Morgan fingerprint density at radius 1 is 1.30 bits per heavy atom. The Kier molecular flexibility index (Phi) is 5.29. The molecule has 3 rings (SSSR count). The summed E-state index contributed by atoms with van der Waals surface area (Å²) in [6.07, 6.45) is -0.852. The quantitative estimate of drug-likeness (QED) is 0.651. The van der Waals surface area contributed by atoms with Gasteiger partial charge in [0.1, 0.15) is 17.4 Å². The zero-order chi connectivity index (χ0) is 19.7. The van der Waals surface area contributed by atoms with Gasteiger partial charge in [0, 0.05) is 0 Å². The van der Waals surface area contributed by atoms with Gasteiger partial charge in [-0.15, -0.1) is 0 Å². The summed E-state index contributed by atoms with van der Waals surface area (Å²) >= 11 is 12.6. The van der Waals surface area contributed by atoms with Gasteiger partial charge >= 0.3 is 6.16 Å². The van der Waals surface area contributed by atoms with Crippen LogP contribution in [0.5, 0.6) is 0 Å². The maximum Gasteiger partial charge on any atom is 0.513 e. The van der Waals surface area contributed by atoms with E-state index in [1.54, 1.807) is 32.0 Å². The molecule has 0 saturated heterocycles. The van der Waals surface area contributed by atoms with Crippen LogP contribution in [0, 0.1) is 0 Å². The summed E-state index contributed by atoms with van der Waals surface area (Å²) in [4.78, 5) is 20.2. The lowest BCUT2D eigenvalue weighted by atomic mass is 9.86. The van der Waals surface area contributed by atoms with Crippen molar-refractivity contribution in [3.63, 3.8) is 0 Å². The van der Waals surface area contributed by atoms with Crippen molar-refractivity contribution in [3.05, 3.63) is 50.8 Å². The van der Waals surface area contributed by atoms with Gasteiger partial charge in [-0.2, -0.15) is 9.97 Å². The van der Waals surface area contributed by atoms with Crippen molar-refractivity contribution in [1.82, 2.24) is 9.97 Å². The van der Waals surface area contributed by atoms with Gasteiger partial charge in [-0.25, -0.2) is 4.79 Å². The molecule has 1 atom stereocenters. The first-order chi connectivity index (χ1) is 12.8. The normalized spacial score (nSPS) is 15.8. The number of carbonyl (C=O) groups excluding carboxylic acids is 1. The zero-order valence-corrected chi connectivity index (χ0v) is 16.1. The molecule has 1 aromatic heterocycles. The minimum atomic E-state index is -0.852. The van der Waals surface area contributed by atoms with E-state index in [0.29, 0.717) is 32.7 Å². The number of rotatable bonds is 3. The largest absolute Gasteiger partial charge is 0.513 e. The number of hydrogen-bond acceptors (Lipinski definition) is 8. The van der Waals surface area contributed by atoms with E-state index in [0.717, 1.165) is 0 Å². The van der Waals surface area contributed by atoms with Crippen LogP contribution in [0.15, 0.2) is 29.7 Å². The number of nitrogens with one attached hydrogen (secondary N) is 1. The number of allylic oxidation sites excluding steroid dienone is 2. The number of nitrogen functional groups attached to an aromatic ring is 2. The van der Waals surface area contributed by atoms with Crippen molar-refractivity contribution in [1.29, 1.82) is 0 Å². The van der Waals surface area contributed by atoms with Crippen LogP contribution in [0.2, 0.25) is 10.0 Å². The Morgan fingerprint density at radius 3 is 2.74 bits per heavy atom. The molecule has 0 bridgehead atoms. The first-order valence-corrected chi connectivity index (χ1v) is 8.78. The lowest BCUT2D eigenvalue weighted by Crippen LogP contribution is -2.25. The molecular formula is C17H17Cl2N5O3. The number of anilines is 3. The molecule has 0 spiro atoms. The van der Waals surface area contributed by atoms with Gasteiger partial charge in [-0.1, -0.05) is 35.3 Å². The second-order valence-electron chi connectivity index (χ2n) is 5.70. The number of ether oxygens (including phenoxy) is 2. The second kappa shape index (κ2) is 7.50. The Hall–Kier alpha value is -2.71. The summed E-state index contributed by atoms with van der Waals surface area (Å²) in [5.41, 5.74) is 13.4. The van der Waals surface area contributed by atoms with Crippen LogP contribution in [0.3, 0.4) is 0 Å². The lowest BCUT2D eigenvalue weighted by molar-refractivity contribution is 0.0778. The Labute approximate surface area is 165 Å². The van der Waals surface area contributed by atoms with E-state index >= 15 is 0 Å². The summed E-state index contributed by atoms with van der Waals surface area (Å²) in [5.74, 6) is 0.109. The topological polar surface area (TPSA) is 125 Å². The van der Waals surface area contributed by atoms with Gasteiger partial charge in [-0.05, 0) is 25.5 Å². The van der Waals surface area contributed by atoms with Crippen molar-refractivity contribution in [2.24, 2.45) is 0 Å². The van der Waals surface area contributed by atoms with E-state index in [1.807, 2.05) is 0 Å². The first-order valence-electron chi connectivity index (χ1n) is 8.02. The molecule has 2 aromatic rings. The number of nitrogens with two attached hydrogens (primary N) is 2. The molecule has 2 heterocycles. The predicted octanol–water partition coefficient (Wildman–Crippen LogP) is 3.91. The minimum Gasteiger partial charge on any atom is -0.434 e. The van der Waals surface area contributed by atoms with Crippen molar-refractivity contribution in [2.45, 2.75) is 19.8 Å². The highest BCUT2D eigenvalue weighted by molar-refractivity contribution is 6.42. The molecule has 0 radical (unpaired) electrons. The lowest BCUT2D eigenvalue weighted by Gasteiger charge is -2.30. The molecule has 1 aliphatic rings. The monoisotopic (exact) mass is 409 g/mol. The zero-order valence-electron chi connectivity index (χ0n) is 14.5. The van der Waals surface area contributed by atoms with Crippen LogP contribution < -0.4 is 16.8 Å². The fourth-order valence-electron chi connectivity index (χ4n) is 2.88. The summed E-state index contributed by atoms with van der Waals surface area (Å²) in [5, 5.41) is 3.67. The Bertz CT molecular complexity index is 948. The average molecular weight is 410 g/mol. The van der Waals surface area contributed by atoms with Gasteiger partial charge in [0.05, 0.1) is 33.8 Å². The van der Waals surface area contributed by atoms with E-state index in [1.165, 1.54) is 0 Å². The van der Waals surface area contributed by atoms with E-state index in [9.17, 15) is 4.79 Å². The predicted molar refractivity (Wildman–Crippen MR) is 104 cm³/mol. The van der Waals surface area contributed by atoms with Crippen LogP contribution in [-0.2, 0) is 9.47 Å². The number of carbonyl (C=O) groups is 1. The molecule has 1 aliphatic heterocycles. The highest BCUT2D eigenvalue weighted by Crippen LogP contribution is 2.46. The SMILES string of the molecule is CCOC(=O)OC1=C(C)Nc2nc(N)nc(N)c2C1c1cccc(Cl)c1Cl. The molecule has 1 aromatic carbocycles. The van der Waals surface area contributed by atoms with Crippen molar-refractivity contribution in [2.75, 3.05) is 23.4 Å². The number of benzene rings is 1. The molecule has 0 fully saturated rings. The highest BCUT2D eigenvalue weighted by atomic mass is 35.5. The molecule has 5 N–H and O–H groups in total. The minimum absolute atomic E-state index is 0.0113. The van der Waals surface area contributed by atoms with E-state index < -0.39 is 12.1 Å². The smallest absolute Gasteiger partial charge is 0.434 e. The average Bonchev–Trinajstić information content (AvgIpc) is 2.58. The molecular weight excluding hydrogens is 393 g/mol. The molecule has 8 nitrogen and oxygen atoms in total. The van der Waals surface area contributed by atoms with E-state index in [4.69, 9.17) is 44.1 Å². The van der Waals surface area contributed by atoms with Gasteiger partial charge in [-0.3, -0.25) is 0 Å². The Balaban J connectivity index is 2.22. The molecule has 27 heavy (non-hydrogen) atoms. The number of hydrogen-bond donors (Lipinski definition) is 3. The molecule has 0 saturated carbocycles. The summed E-state index contributed by atoms with van der Waals surface area (Å²) in [6.45, 7) is 3.56. The first kappa shape index (κ1) is 19.1. The van der Waals surface area contributed by atoms with Gasteiger partial charge < -0.3 is 26.3 Å². The van der Waals surface area contributed by atoms with Crippen LogP contribution >= 0.6 is 23.2 Å². The highest BCUT2D eigenvalue weighted by Gasteiger charge is 2.36. The van der Waals surface area contributed by atoms with Crippen molar-refractivity contribution < 1.29 is 14.3 Å². The number of aromatic nitrogens is 2. The van der Waals surface area contributed by atoms with Gasteiger partial charge in [0.2, 0.25) is 5.95 Å². The van der Waals surface area contributed by atoms with Crippen LogP contribution in [0.25, 0.3) is 0 Å². The number of fused-ring (bicyclic) bond motifs is 1. The van der Waals surface area contributed by atoms with Crippen LogP contribution in [0.4, 0.5) is 22.4 Å². The number of halogens is 2. The van der Waals surface area contributed by atoms with Crippen molar-refractivity contribution in [3.8, 4) is 0 Å². The fraction of sp³-hybridized carbons (Fsp3) is 0.235. The summed E-state index contributed by atoms with van der Waals surface area (Å²) in [6, 6.07) is 5.14. The van der Waals surface area contributed by atoms with E-state index in [2.05, 4.69) is 15.3 Å². The van der Waals surface area contributed by atoms with Gasteiger partial charge in [0.25, 0.3) is 0 Å². The third-order valence-corrected chi connectivity index (χ3v) is 4.80. The second-order valence-corrected chi connectivity index (χ2v) is 6.49. The fourth-order valence-corrected chi connectivity index (χ4v) is 3.30. The number of nitrogens with zero attached hydrogens (tertiary/aromatic N) is 2. The van der Waals surface area contributed by atoms with Crippen molar-refractivity contribution >= 4 is 46.9 Å². The van der Waals surface area contributed by atoms with Crippen LogP contribution in [-0.4, -0.2) is 22.7 Å². The molecule has 0 amide bonds. The third-order valence-electron chi connectivity index (χ3n) is 3.97. The molecule has 142 valence electrons. The molecule has 1 unspecified atom stereocenters. The summed E-state index contributed by atoms with van der Waals surface area (Å²) < 4.78 is 10.4. The molecule has 0 aliphatic carbocycles. The maximum absolute atomic E-state index is 12.0. The maximum atomic E-state index is 12.0. The third kappa shape index (κ3) is 3.58. The van der Waals surface area contributed by atoms with E-state index in [-0.39, 0.29) is 24.1 Å². The summed E-state index contributed by atoms with van der Waals surface area (Å²) in [7, 11) is 0. The standard InChI is InChI=1S/C17H17Cl2N5O3/c1-3-26-17(25)27-13-7(2)22-15-11(14(20)23-16(21)24-15)10(13)8-5-4-6-9(18)12(8)19/h4-6,10H,3H2,1-2H3,(H5,20,21,22,23,24). The van der Waals surface area contributed by atoms with Gasteiger partial charge in [0.15, 0.2) is 0 Å². The molecule has 10 heteroatoms.